The van der Waals surface area contributed by atoms with Gasteiger partial charge in [-0.3, -0.25) is 0 Å². The Hall–Kier alpha value is -1.71. The van der Waals surface area contributed by atoms with Crippen molar-refractivity contribution < 1.29 is 9.90 Å². The van der Waals surface area contributed by atoms with Crippen molar-refractivity contribution in [3.63, 3.8) is 0 Å². The average molecular weight is 250 g/mol. The van der Waals surface area contributed by atoms with Crippen LogP contribution < -0.4 is 10.6 Å². The van der Waals surface area contributed by atoms with Crippen molar-refractivity contribution in [1.29, 1.82) is 0 Å². The first-order chi connectivity index (χ1) is 8.51. The monoisotopic (exact) mass is 250 g/mol. The lowest BCUT2D eigenvalue weighted by atomic mass is 10.1. The highest BCUT2D eigenvalue weighted by Gasteiger charge is 2.14. The van der Waals surface area contributed by atoms with Gasteiger partial charge in [0.1, 0.15) is 0 Å². The van der Waals surface area contributed by atoms with Gasteiger partial charge in [-0.15, -0.1) is 0 Å². The zero-order chi connectivity index (χ0) is 13.7. The van der Waals surface area contributed by atoms with Crippen molar-refractivity contribution in [3.05, 3.63) is 23.3 Å². The molecule has 0 saturated heterocycles. The average Bonchev–Trinajstić information content (AvgIpc) is 2.32. The van der Waals surface area contributed by atoms with E-state index in [1.54, 1.807) is 6.07 Å². The lowest BCUT2D eigenvalue weighted by molar-refractivity contribution is 0.0698. The van der Waals surface area contributed by atoms with E-state index < -0.39 is 5.97 Å². The van der Waals surface area contributed by atoms with Gasteiger partial charge in [-0.05, 0) is 37.5 Å². The molecule has 1 aromatic rings. The van der Waals surface area contributed by atoms with E-state index in [-0.39, 0.29) is 5.56 Å². The Morgan fingerprint density at radius 1 is 1.28 bits per heavy atom. The van der Waals surface area contributed by atoms with E-state index in [9.17, 15) is 4.79 Å². The van der Waals surface area contributed by atoms with Crippen LogP contribution in [0.1, 0.15) is 42.6 Å². The van der Waals surface area contributed by atoms with Crippen molar-refractivity contribution in [2.24, 2.45) is 0 Å². The van der Waals surface area contributed by atoms with Gasteiger partial charge in [0.25, 0.3) is 0 Å². The summed E-state index contributed by atoms with van der Waals surface area (Å²) in [6, 6.07) is 3.64. The summed E-state index contributed by atoms with van der Waals surface area (Å²) in [5.74, 6) is -0.967. The predicted molar refractivity (Wildman–Crippen MR) is 75.3 cm³/mol. The molecule has 0 fully saturated rings. The van der Waals surface area contributed by atoms with E-state index in [0.29, 0.717) is 5.69 Å². The Kier molecular flexibility index (Phi) is 5.01. The van der Waals surface area contributed by atoms with Crippen molar-refractivity contribution in [1.82, 2.24) is 0 Å². The minimum atomic E-state index is -0.967. The molecule has 0 aliphatic heterocycles. The molecule has 0 aliphatic rings. The zero-order valence-corrected chi connectivity index (χ0v) is 11.4. The highest BCUT2D eigenvalue weighted by Crippen LogP contribution is 2.26. The number of benzene rings is 1. The molecule has 0 heterocycles. The number of hydrogen-bond donors (Lipinski definition) is 2. The van der Waals surface area contributed by atoms with E-state index in [4.69, 9.17) is 10.8 Å². The Labute approximate surface area is 108 Å². The Morgan fingerprint density at radius 3 is 2.28 bits per heavy atom. The highest BCUT2D eigenvalue weighted by molar-refractivity contribution is 5.95. The van der Waals surface area contributed by atoms with Crippen LogP contribution >= 0.6 is 0 Å². The van der Waals surface area contributed by atoms with Crippen LogP contribution in [0, 0.1) is 6.92 Å². The molecule has 100 valence electrons. The van der Waals surface area contributed by atoms with Crippen LogP contribution in [0.15, 0.2) is 12.1 Å². The van der Waals surface area contributed by atoms with E-state index >= 15 is 0 Å². The van der Waals surface area contributed by atoms with Crippen LogP contribution in [-0.4, -0.2) is 24.2 Å². The number of carboxylic acids is 1. The zero-order valence-electron chi connectivity index (χ0n) is 11.4. The third-order valence-corrected chi connectivity index (χ3v) is 2.95. The van der Waals surface area contributed by atoms with Crippen LogP contribution in [0.3, 0.4) is 0 Å². The minimum Gasteiger partial charge on any atom is -0.478 e. The molecule has 0 amide bonds. The summed E-state index contributed by atoms with van der Waals surface area (Å²) in [5, 5.41) is 9.16. The van der Waals surface area contributed by atoms with Crippen LogP contribution in [0.2, 0.25) is 0 Å². The van der Waals surface area contributed by atoms with Crippen molar-refractivity contribution in [2.75, 3.05) is 23.7 Å². The summed E-state index contributed by atoms with van der Waals surface area (Å²) >= 11 is 0. The van der Waals surface area contributed by atoms with Crippen LogP contribution in [0.25, 0.3) is 0 Å². The first kappa shape index (κ1) is 14.4. The van der Waals surface area contributed by atoms with Crippen LogP contribution in [-0.2, 0) is 0 Å². The van der Waals surface area contributed by atoms with Gasteiger partial charge in [0.2, 0.25) is 0 Å². The minimum absolute atomic E-state index is 0.196. The number of aryl methyl sites for hydroxylation is 1. The fourth-order valence-electron chi connectivity index (χ4n) is 2.05. The summed E-state index contributed by atoms with van der Waals surface area (Å²) in [7, 11) is 0. The third-order valence-electron chi connectivity index (χ3n) is 2.95. The molecule has 1 rings (SSSR count). The maximum atomic E-state index is 11.2. The van der Waals surface area contributed by atoms with E-state index in [1.165, 1.54) is 0 Å². The number of rotatable bonds is 6. The van der Waals surface area contributed by atoms with Gasteiger partial charge in [0.15, 0.2) is 0 Å². The van der Waals surface area contributed by atoms with Gasteiger partial charge < -0.3 is 15.7 Å². The van der Waals surface area contributed by atoms with Crippen molar-refractivity contribution in [2.45, 2.75) is 33.6 Å². The number of nitrogens with two attached hydrogens (primary N) is 1. The second-order valence-corrected chi connectivity index (χ2v) is 4.52. The maximum Gasteiger partial charge on any atom is 0.337 e. The molecule has 0 spiro atoms. The number of nitrogen functional groups attached to an aromatic ring is 1. The summed E-state index contributed by atoms with van der Waals surface area (Å²) in [6.45, 7) is 7.93. The number of carbonyl (C=O) groups is 1. The molecule has 4 nitrogen and oxygen atoms in total. The first-order valence-electron chi connectivity index (χ1n) is 6.39. The number of hydrogen-bond acceptors (Lipinski definition) is 3. The normalized spacial score (nSPS) is 10.4. The van der Waals surface area contributed by atoms with Crippen LogP contribution in [0.5, 0.6) is 0 Å². The van der Waals surface area contributed by atoms with Gasteiger partial charge in [0, 0.05) is 24.5 Å². The molecule has 0 saturated carbocycles. The lowest BCUT2D eigenvalue weighted by Gasteiger charge is -2.25. The Balaban J connectivity index is 3.18. The third kappa shape index (κ3) is 3.15. The molecule has 0 atom stereocenters. The van der Waals surface area contributed by atoms with Gasteiger partial charge in [0.05, 0.1) is 5.56 Å². The largest absolute Gasteiger partial charge is 0.478 e. The predicted octanol–water partition coefficient (Wildman–Crippen LogP) is 2.90. The van der Waals surface area contributed by atoms with E-state index in [2.05, 4.69) is 18.7 Å². The number of carboxylic acid groups (broad SMARTS) is 1. The molecule has 0 bridgehead atoms. The second kappa shape index (κ2) is 6.28. The van der Waals surface area contributed by atoms with Crippen molar-refractivity contribution >= 4 is 17.3 Å². The fourth-order valence-corrected chi connectivity index (χ4v) is 2.05. The van der Waals surface area contributed by atoms with Crippen LogP contribution in [0.4, 0.5) is 11.4 Å². The molecule has 4 heteroatoms. The lowest BCUT2D eigenvalue weighted by Crippen LogP contribution is -2.25. The molecule has 0 unspecified atom stereocenters. The quantitative estimate of drug-likeness (QED) is 0.762. The summed E-state index contributed by atoms with van der Waals surface area (Å²) in [5.41, 5.74) is 8.13. The molecule has 18 heavy (non-hydrogen) atoms. The van der Waals surface area contributed by atoms with Gasteiger partial charge in [-0.25, -0.2) is 4.79 Å². The van der Waals surface area contributed by atoms with Gasteiger partial charge in [-0.1, -0.05) is 13.8 Å². The topological polar surface area (TPSA) is 66.6 Å². The fraction of sp³-hybridized carbons (Fsp3) is 0.500. The number of anilines is 2. The van der Waals surface area contributed by atoms with Gasteiger partial charge >= 0.3 is 5.97 Å². The molecule has 0 aliphatic carbocycles. The van der Waals surface area contributed by atoms with E-state index in [1.807, 2.05) is 13.0 Å². The standard InChI is InChI=1S/C14H22N2O2/c1-4-6-16(7-5-2)11-8-10(3)13(15)12(9-11)14(17)18/h8-9H,4-7,15H2,1-3H3,(H,17,18). The molecule has 1 aromatic carbocycles. The smallest absolute Gasteiger partial charge is 0.337 e. The summed E-state index contributed by atoms with van der Waals surface area (Å²) < 4.78 is 0. The van der Waals surface area contributed by atoms with Gasteiger partial charge in [-0.2, -0.15) is 0 Å². The second-order valence-electron chi connectivity index (χ2n) is 4.52. The van der Waals surface area contributed by atoms with E-state index in [0.717, 1.165) is 37.2 Å². The summed E-state index contributed by atoms with van der Waals surface area (Å²) in [6.07, 6.45) is 2.07. The first-order valence-corrected chi connectivity index (χ1v) is 6.39. The summed E-state index contributed by atoms with van der Waals surface area (Å²) in [4.78, 5) is 13.4. The molecular weight excluding hydrogens is 228 g/mol. The number of aromatic carboxylic acids is 1. The molecular formula is C14H22N2O2. The molecule has 3 N–H and O–H groups in total. The molecule has 0 radical (unpaired) electrons. The highest BCUT2D eigenvalue weighted by atomic mass is 16.4. The van der Waals surface area contributed by atoms with Crippen molar-refractivity contribution in [3.8, 4) is 0 Å². The Bertz CT molecular complexity index is 424. The maximum absolute atomic E-state index is 11.2. The molecule has 0 aromatic heterocycles. The SMILES string of the molecule is CCCN(CCC)c1cc(C)c(N)c(C(=O)O)c1. The Morgan fingerprint density at radius 2 is 1.83 bits per heavy atom. The number of nitrogens with zero attached hydrogens (tertiary/aromatic N) is 1.